The fraction of sp³-hybridized carbons (Fsp3) is 0.174. The van der Waals surface area contributed by atoms with E-state index in [-0.39, 0.29) is 17.2 Å². The van der Waals surface area contributed by atoms with Crippen molar-refractivity contribution >= 4 is 28.6 Å². The lowest BCUT2D eigenvalue weighted by atomic mass is 10.1. The number of fused-ring (bicyclic) bond motifs is 1. The number of alkyl halides is 3. The summed E-state index contributed by atoms with van der Waals surface area (Å²) in [6, 6.07) is 9.61. The number of amides is 1. The molecular formula is C23H20F3N7O. The lowest BCUT2D eigenvalue weighted by molar-refractivity contribution is -0.137. The number of hydrogen-bond acceptors (Lipinski definition) is 7. The maximum atomic E-state index is 13.8. The minimum Gasteiger partial charge on any atom is -0.383 e. The van der Waals surface area contributed by atoms with Gasteiger partial charge in [0.05, 0.1) is 23.3 Å². The number of nitrogens with zero attached hydrogens (tertiary/aromatic N) is 6. The summed E-state index contributed by atoms with van der Waals surface area (Å²) in [6.45, 7) is -1.67. The van der Waals surface area contributed by atoms with Crippen molar-refractivity contribution in [1.29, 1.82) is 0 Å². The fourth-order valence-electron chi connectivity index (χ4n) is 3.16. The van der Waals surface area contributed by atoms with Crippen molar-refractivity contribution in [3.8, 4) is 0 Å². The molecule has 0 aliphatic heterocycles. The molecule has 1 aromatic carbocycles. The van der Waals surface area contributed by atoms with E-state index in [1.54, 1.807) is 19.1 Å². The van der Waals surface area contributed by atoms with Crippen LogP contribution in [0.3, 0.4) is 0 Å². The summed E-state index contributed by atoms with van der Waals surface area (Å²) in [7, 11) is 0. The summed E-state index contributed by atoms with van der Waals surface area (Å²) in [5.41, 5.74) is 6.19. The largest absolute Gasteiger partial charge is 0.417 e. The summed E-state index contributed by atoms with van der Waals surface area (Å²) in [5, 5.41) is 2.03. The molecule has 0 aliphatic rings. The summed E-state index contributed by atoms with van der Waals surface area (Å²) < 4.78 is 63.2. The Labute approximate surface area is 197 Å². The van der Waals surface area contributed by atoms with Crippen molar-refractivity contribution in [2.75, 3.05) is 17.7 Å². The minimum absolute atomic E-state index is 0.0117. The van der Waals surface area contributed by atoms with Gasteiger partial charge in [-0.1, -0.05) is 0 Å². The van der Waals surface area contributed by atoms with Gasteiger partial charge in [-0.3, -0.25) is 14.8 Å². The quantitative estimate of drug-likeness (QED) is 0.440. The van der Waals surface area contributed by atoms with Gasteiger partial charge in [0.25, 0.3) is 5.91 Å². The van der Waals surface area contributed by atoms with E-state index in [0.29, 0.717) is 33.5 Å². The van der Waals surface area contributed by atoms with Crippen molar-refractivity contribution < 1.29 is 22.1 Å². The summed E-state index contributed by atoms with van der Waals surface area (Å²) >= 11 is 0. The van der Waals surface area contributed by atoms with Crippen LogP contribution in [-0.4, -0.2) is 37.8 Å². The number of nitrogens with two attached hydrogens (primary N) is 1. The molecule has 1 amide bonds. The number of carbonyl (C=O) groups is 1. The molecule has 0 fully saturated rings. The number of benzene rings is 1. The molecule has 0 saturated heterocycles. The van der Waals surface area contributed by atoms with Gasteiger partial charge in [-0.05, 0) is 55.0 Å². The Morgan fingerprint density at radius 3 is 2.53 bits per heavy atom. The van der Waals surface area contributed by atoms with Crippen molar-refractivity contribution in [3.63, 3.8) is 0 Å². The molecule has 2 N–H and O–H groups in total. The first-order valence-electron chi connectivity index (χ1n) is 11.4. The van der Waals surface area contributed by atoms with E-state index in [2.05, 4.69) is 19.9 Å². The topological polar surface area (TPSA) is 101 Å². The SMILES string of the molecule is [2H]C([2H])([2H])N(c1ncccn1)N(Cc1ccc(C(F)(F)F)cn1)C(=O)c1ccc2nc(N)c(C)cc2c1. The molecule has 0 unspecified atom stereocenters. The number of aryl methyl sites for hydroxylation is 1. The molecule has 4 aromatic rings. The predicted molar refractivity (Wildman–Crippen MR) is 120 cm³/mol. The van der Waals surface area contributed by atoms with E-state index in [4.69, 9.17) is 9.85 Å². The van der Waals surface area contributed by atoms with Crippen LogP contribution in [0.15, 0.2) is 61.1 Å². The lowest BCUT2D eigenvalue weighted by Gasteiger charge is -2.31. The molecule has 0 radical (unpaired) electrons. The van der Waals surface area contributed by atoms with Crippen LogP contribution in [0.25, 0.3) is 10.9 Å². The highest BCUT2D eigenvalue weighted by Crippen LogP contribution is 2.28. The number of hydrazine groups is 1. The smallest absolute Gasteiger partial charge is 0.383 e. The number of nitrogen functional groups attached to an aromatic ring is 1. The molecule has 34 heavy (non-hydrogen) atoms. The maximum absolute atomic E-state index is 13.8. The van der Waals surface area contributed by atoms with Crippen molar-refractivity contribution in [3.05, 3.63) is 83.4 Å². The summed E-state index contributed by atoms with van der Waals surface area (Å²) in [5.74, 6) is -0.758. The number of rotatable bonds is 5. The van der Waals surface area contributed by atoms with Gasteiger partial charge in [0.15, 0.2) is 0 Å². The molecule has 0 spiro atoms. The van der Waals surface area contributed by atoms with Gasteiger partial charge in [0, 0.05) is 40.6 Å². The molecule has 0 saturated carbocycles. The summed E-state index contributed by atoms with van der Waals surface area (Å²) in [6.07, 6.45) is -1.39. The molecule has 0 aliphatic carbocycles. The lowest BCUT2D eigenvalue weighted by Crippen LogP contribution is -2.45. The van der Waals surface area contributed by atoms with Gasteiger partial charge in [0.2, 0.25) is 5.95 Å². The highest BCUT2D eigenvalue weighted by atomic mass is 19.4. The first kappa shape index (κ1) is 19.2. The first-order chi connectivity index (χ1) is 17.3. The van der Waals surface area contributed by atoms with E-state index in [1.807, 2.05) is 0 Å². The first-order valence-corrected chi connectivity index (χ1v) is 9.92. The highest BCUT2D eigenvalue weighted by molar-refractivity contribution is 5.98. The van der Waals surface area contributed by atoms with E-state index in [1.165, 1.54) is 30.6 Å². The predicted octanol–water partition coefficient (Wildman–Crippen LogP) is 4.02. The molecule has 174 valence electrons. The Hall–Kier alpha value is -4.28. The van der Waals surface area contributed by atoms with Crippen LogP contribution in [0.5, 0.6) is 0 Å². The van der Waals surface area contributed by atoms with E-state index >= 15 is 0 Å². The zero-order chi connectivity index (χ0) is 27.0. The average molecular weight is 470 g/mol. The Morgan fingerprint density at radius 1 is 1.12 bits per heavy atom. The fourth-order valence-corrected chi connectivity index (χ4v) is 3.16. The van der Waals surface area contributed by atoms with E-state index in [9.17, 15) is 18.0 Å². The molecular weight excluding hydrogens is 447 g/mol. The van der Waals surface area contributed by atoms with Gasteiger partial charge in [0.1, 0.15) is 5.82 Å². The van der Waals surface area contributed by atoms with Crippen LogP contribution in [-0.2, 0) is 12.7 Å². The van der Waals surface area contributed by atoms with Gasteiger partial charge < -0.3 is 5.73 Å². The second-order valence-electron chi connectivity index (χ2n) is 7.36. The average Bonchev–Trinajstić information content (AvgIpc) is 2.83. The number of pyridine rings is 2. The molecule has 3 aromatic heterocycles. The second-order valence-corrected chi connectivity index (χ2v) is 7.36. The Kier molecular flexibility index (Phi) is 5.04. The van der Waals surface area contributed by atoms with E-state index in [0.717, 1.165) is 17.1 Å². The zero-order valence-electron chi connectivity index (χ0n) is 20.8. The molecule has 11 heteroatoms. The Morgan fingerprint density at radius 2 is 1.88 bits per heavy atom. The van der Waals surface area contributed by atoms with Gasteiger partial charge in [-0.2, -0.15) is 13.2 Å². The van der Waals surface area contributed by atoms with Crippen LogP contribution in [0.2, 0.25) is 0 Å². The van der Waals surface area contributed by atoms with Crippen molar-refractivity contribution in [2.24, 2.45) is 0 Å². The van der Waals surface area contributed by atoms with Gasteiger partial charge in [-0.15, -0.1) is 0 Å². The van der Waals surface area contributed by atoms with Gasteiger partial charge >= 0.3 is 6.18 Å². The standard InChI is InChI=1S/C23H20F3N7O/c1-14-10-16-11-15(4-7-19(16)31-20(14)27)21(34)33(32(2)22-28-8-3-9-29-22)13-18-6-5-17(12-30-18)23(24,25)26/h3-12H,13H2,1-2H3,(H2,27,31)/i2D3. The minimum atomic E-state index is -4.61. The Bertz CT molecular complexity index is 1430. The van der Waals surface area contributed by atoms with Gasteiger partial charge in [-0.25, -0.2) is 20.0 Å². The number of hydrogen-bond donors (Lipinski definition) is 1. The number of carbonyl (C=O) groups excluding carboxylic acids is 1. The third-order valence-electron chi connectivity index (χ3n) is 4.97. The van der Waals surface area contributed by atoms with Crippen LogP contribution in [0.4, 0.5) is 24.9 Å². The van der Waals surface area contributed by atoms with Crippen LogP contribution >= 0.6 is 0 Å². The Balaban J connectivity index is 1.81. The number of aromatic nitrogens is 4. The normalized spacial score (nSPS) is 13.1. The maximum Gasteiger partial charge on any atom is 0.417 e. The van der Waals surface area contributed by atoms with Crippen LogP contribution in [0, 0.1) is 6.92 Å². The molecule has 8 nitrogen and oxygen atoms in total. The van der Waals surface area contributed by atoms with Crippen molar-refractivity contribution in [2.45, 2.75) is 19.6 Å². The molecule has 0 bridgehead atoms. The van der Waals surface area contributed by atoms with Crippen LogP contribution in [0.1, 0.15) is 31.3 Å². The molecule has 3 heterocycles. The monoisotopic (exact) mass is 470 g/mol. The zero-order valence-corrected chi connectivity index (χ0v) is 17.8. The second kappa shape index (κ2) is 8.93. The number of halogens is 3. The molecule has 4 rings (SSSR count). The highest BCUT2D eigenvalue weighted by Gasteiger charge is 2.31. The van der Waals surface area contributed by atoms with Crippen LogP contribution < -0.4 is 10.7 Å². The summed E-state index contributed by atoms with van der Waals surface area (Å²) in [4.78, 5) is 29.8. The third-order valence-corrected chi connectivity index (χ3v) is 4.97. The van der Waals surface area contributed by atoms with Crippen molar-refractivity contribution in [1.82, 2.24) is 24.9 Å². The van der Waals surface area contributed by atoms with E-state index < -0.39 is 31.2 Å². The number of anilines is 2. The third kappa shape index (κ3) is 4.72. The molecule has 0 atom stereocenters.